The van der Waals surface area contributed by atoms with E-state index >= 15 is 0 Å². The van der Waals surface area contributed by atoms with Gasteiger partial charge in [-0.15, -0.1) is 0 Å². The van der Waals surface area contributed by atoms with Gasteiger partial charge >= 0.3 is 0 Å². The number of nitrogens with zero attached hydrogens (tertiary/aromatic N) is 1. The fourth-order valence-electron chi connectivity index (χ4n) is 1.82. The van der Waals surface area contributed by atoms with Gasteiger partial charge in [-0.05, 0) is 25.1 Å². The number of methoxy groups -OCH3 is 1. The molecule has 0 amide bonds. The SMILES string of the molecule is CCN(C(C)COC)S(=O)(=O)c1cccc(O)c1. The van der Waals surface area contributed by atoms with Crippen molar-refractivity contribution in [3.63, 3.8) is 0 Å². The molecule has 1 unspecified atom stereocenters. The van der Waals surface area contributed by atoms with E-state index in [9.17, 15) is 13.5 Å². The predicted molar refractivity (Wildman–Crippen MR) is 69.0 cm³/mol. The molecule has 1 N–H and O–H groups in total. The Labute approximate surface area is 108 Å². The average molecular weight is 273 g/mol. The number of hydrogen-bond donors (Lipinski definition) is 1. The molecule has 0 aliphatic carbocycles. The highest BCUT2D eigenvalue weighted by Gasteiger charge is 2.27. The van der Waals surface area contributed by atoms with Crippen molar-refractivity contribution >= 4 is 10.0 Å². The first-order valence-electron chi connectivity index (χ1n) is 5.73. The summed E-state index contributed by atoms with van der Waals surface area (Å²) >= 11 is 0. The standard InChI is InChI=1S/C12H19NO4S/c1-4-13(10(2)9-17-3)18(15,16)12-7-5-6-11(14)8-12/h5-8,10,14H,4,9H2,1-3H3. The molecule has 0 aromatic heterocycles. The Kier molecular flexibility index (Phi) is 5.13. The van der Waals surface area contributed by atoms with Crippen molar-refractivity contribution in [3.8, 4) is 5.75 Å². The number of likely N-dealkylation sites (N-methyl/N-ethyl adjacent to an activating group) is 1. The third-order valence-electron chi connectivity index (χ3n) is 2.64. The third-order valence-corrected chi connectivity index (χ3v) is 4.72. The minimum absolute atomic E-state index is 0.0634. The van der Waals surface area contributed by atoms with Crippen molar-refractivity contribution in [1.82, 2.24) is 4.31 Å². The van der Waals surface area contributed by atoms with Gasteiger partial charge in [0.1, 0.15) is 5.75 Å². The molecule has 18 heavy (non-hydrogen) atoms. The van der Waals surface area contributed by atoms with Crippen molar-refractivity contribution in [3.05, 3.63) is 24.3 Å². The van der Waals surface area contributed by atoms with Crippen LogP contribution in [0.3, 0.4) is 0 Å². The van der Waals surface area contributed by atoms with Crippen molar-refractivity contribution < 1.29 is 18.3 Å². The summed E-state index contributed by atoms with van der Waals surface area (Å²) in [6.45, 7) is 4.23. The van der Waals surface area contributed by atoms with Crippen LogP contribution in [0.15, 0.2) is 29.2 Å². The van der Waals surface area contributed by atoms with E-state index in [4.69, 9.17) is 4.74 Å². The quantitative estimate of drug-likeness (QED) is 0.851. The Morgan fingerprint density at radius 3 is 2.61 bits per heavy atom. The van der Waals surface area contributed by atoms with Crippen molar-refractivity contribution in [2.75, 3.05) is 20.3 Å². The number of phenols is 1. The molecule has 1 aromatic rings. The first-order valence-corrected chi connectivity index (χ1v) is 7.17. The van der Waals surface area contributed by atoms with E-state index < -0.39 is 10.0 Å². The first-order chi connectivity index (χ1) is 8.43. The third kappa shape index (κ3) is 3.22. The highest BCUT2D eigenvalue weighted by atomic mass is 32.2. The van der Waals surface area contributed by atoms with Gasteiger partial charge in [-0.2, -0.15) is 4.31 Å². The van der Waals surface area contributed by atoms with E-state index in [1.165, 1.54) is 35.7 Å². The van der Waals surface area contributed by atoms with Crippen LogP contribution in [0.4, 0.5) is 0 Å². The summed E-state index contributed by atoms with van der Waals surface area (Å²) < 4.78 is 31.1. The van der Waals surface area contributed by atoms with Crippen LogP contribution in [0.25, 0.3) is 0 Å². The van der Waals surface area contributed by atoms with Gasteiger partial charge in [0.25, 0.3) is 0 Å². The monoisotopic (exact) mass is 273 g/mol. The Bertz CT molecular complexity index is 487. The van der Waals surface area contributed by atoms with E-state index in [-0.39, 0.29) is 16.7 Å². The molecule has 0 saturated heterocycles. The summed E-state index contributed by atoms with van der Waals surface area (Å²) in [7, 11) is -2.07. The largest absolute Gasteiger partial charge is 0.508 e. The lowest BCUT2D eigenvalue weighted by Gasteiger charge is -2.26. The van der Waals surface area contributed by atoms with Crippen LogP contribution in [0, 0.1) is 0 Å². The summed E-state index contributed by atoms with van der Waals surface area (Å²) in [6.07, 6.45) is 0. The van der Waals surface area contributed by atoms with Crippen LogP contribution in [-0.2, 0) is 14.8 Å². The van der Waals surface area contributed by atoms with E-state index in [0.29, 0.717) is 13.2 Å². The zero-order valence-corrected chi connectivity index (χ0v) is 11.6. The summed E-state index contributed by atoms with van der Waals surface area (Å²) in [5, 5.41) is 9.37. The molecule has 1 rings (SSSR count). The molecule has 1 atom stereocenters. The van der Waals surface area contributed by atoms with Crippen molar-refractivity contribution in [2.24, 2.45) is 0 Å². The van der Waals surface area contributed by atoms with Gasteiger partial charge < -0.3 is 9.84 Å². The van der Waals surface area contributed by atoms with Gasteiger partial charge in [-0.3, -0.25) is 0 Å². The fraction of sp³-hybridized carbons (Fsp3) is 0.500. The van der Waals surface area contributed by atoms with Crippen LogP contribution >= 0.6 is 0 Å². The van der Waals surface area contributed by atoms with Gasteiger partial charge in [0, 0.05) is 19.7 Å². The molecular weight excluding hydrogens is 254 g/mol. The second-order valence-corrected chi connectivity index (χ2v) is 5.90. The normalized spacial score (nSPS) is 13.8. The van der Waals surface area contributed by atoms with Crippen LogP contribution in [-0.4, -0.2) is 44.1 Å². The number of phenolic OH excluding ortho intramolecular Hbond substituents is 1. The van der Waals surface area contributed by atoms with Crippen molar-refractivity contribution in [2.45, 2.75) is 24.8 Å². The molecular formula is C12H19NO4S. The predicted octanol–water partition coefficient (Wildman–Crippen LogP) is 1.44. The molecule has 5 nitrogen and oxygen atoms in total. The smallest absolute Gasteiger partial charge is 0.243 e. The van der Waals surface area contributed by atoms with E-state index in [1.807, 2.05) is 0 Å². The topological polar surface area (TPSA) is 66.8 Å². The molecule has 0 aliphatic rings. The highest BCUT2D eigenvalue weighted by molar-refractivity contribution is 7.89. The summed E-state index contributed by atoms with van der Waals surface area (Å²) in [6, 6.07) is 5.41. The molecule has 0 spiro atoms. The highest BCUT2D eigenvalue weighted by Crippen LogP contribution is 2.21. The number of benzene rings is 1. The molecule has 0 fully saturated rings. The van der Waals surface area contributed by atoms with Crippen LogP contribution < -0.4 is 0 Å². The maximum Gasteiger partial charge on any atom is 0.243 e. The Balaban J connectivity index is 3.11. The van der Waals surface area contributed by atoms with Gasteiger partial charge in [-0.1, -0.05) is 13.0 Å². The maximum absolute atomic E-state index is 12.4. The maximum atomic E-state index is 12.4. The lowest BCUT2D eigenvalue weighted by molar-refractivity contribution is 0.142. The minimum atomic E-state index is -3.60. The number of aromatic hydroxyl groups is 1. The van der Waals surface area contributed by atoms with E-state index in [0.717, 1.165) is 0 Å². The first kappa shape index (κ1) is 14.9. The minimum Gasteiger partial charge on any atom is -0.508 e. The molecule has 0 radical (unpaired) electrons. The summed E-state index contributed by atoms with van der Waals surface area (Å²) in [4.78, 5) is 0.0901. The zero-order valence-electron chi connectivity index (χ0n) is 10.8. The van der Waals surface area contributed by atoms with Crippen LogP contribution in [0.5, 0.6) is 5.75 Å². The Hall–Kier alpha value is -1.11. The molecule has 0 heterocycles. The van der Waals surface area contributed by atoms with Gasteiger partial charge in [0.15, 0.2) is 0 Å². The lowest BCUT2D eigenvalue weighted by Crippen LogP contribution is -2.40. The molecule has 0 saturated carbocycles. The molecule has 102 valence electrons. The summed E-state index contributed by atoms with van der Waals surface area (Å²) in [5.41, 5.74) is 0. The van der Waals surface area contributed by atoms with Gasteiger partial charge in [-0.25, -0.2) is 8.42 Å². The molecule has 1 aromatic carbocycles. The fourth-order valence-corrected chi connectivity index (χ4v) is 3.49. The number of ether oxygens (including phenoxy) is 1. The van der Waals surface area contributed by atoms with E-state index in [1.54, 1.807) is 13.8 Å². The molecule has 0 bridgehead atoms. The van der Waals surface area contributed by atoms with Crippen molar-refractivity contribution in [1.29, 1.82) is 0 Å². The molecule has 0 aliphatic heterocycles. The van der Waals surface area contributed by atoms with Gasteiger partial charge in [0.05, 0.1) is 11.5 Å². The number of sulfonamides is 1. The van der Waals surface area contributed by atoms with Crippen LogP contribution in [0.2, 0.25) is 0 Å². The zero-order chi connectivity index (χ0) is 13.8. The average Bonchev–Trinajstić information content (AvgIpc) is 2.30. The second-order valence-electron chi connectivity index (χ2n) is 4.01. The lowest BCUT2D eigenvalue weighted by atomic mass is 10.3. The Morgan fingerprint density at radius 2 is 2.11 bits per heavy atom. The number of hydrogen-bond acceptors (Lipinski definition) is 4. The van der Waals surface area contributed by atoms with Crippen LogP contribution in [0.1, 0.15) is 13.8 Å². The Morgan fingerprint density at radius 1 is 1.44 bits per heavy atom. The summed E-state index contributed by atoms with van der Waals surface area (Å²) in [5.74, 6) is -0.0634. The van der Waals surface area contributed by atoms with E-state index in [2.05, 4.69) is 0 Å². The number of rotatable bonds is 6. The van der Waals surface area contributed by atoms with Gasteiger partial charge in [0.2, 0.25) is 10.0 Å². The molecule has 6 heteroatoms. The second kappa shape index (κ2) is 6.17.